The van der Waals surface area contributed by atoms with Crippen molar-refractivity contribution < 1.29 is 9.59 Å². The Bertz CT molecular complexity index is 1020. The van der Waals surface area contributed by atoms with E-state index in [0.717, 1.165) is 33.0 Å². The Labute approximate surface area is 149 Å². The van der Waals surface area contributed by atoms with Crippen molar-refractivity contribution in [3.63, 3.8) is 0 Å². The molecule has 118 valence electrons. The molecule has 0 unspecified atom stereocenters. The summed E-state index contributed by atoms with van der Waals surface area (Å²) in [6.45, 7) is 0. The fraction of sp³-hybridized carbons (Fsp3) is 0.100. The highest BCUT2D eigenvalue weighted by Gasteiger charge is 2.24. The van der Waals surface area contributed by atoms with Gasteiger partial charge in [0.1, 0.15) is 0 Å². The zero-order valence-electron chi connectivity index (χ0n) is 12.6. The van der Waals surface area contributed by atoms with Crippen LogP contribution in [-0.4, -0.2) is 23.3 Å². The minimum atomic E-state index is -0.0967. The van der Waals surface area contributed by atoms with Gasteiger partial charge in [0.2, 0.25) is 0 Å². The van der Waals surface area contributed by atoms with E-state index in [2.05, 4.69) is 0 Å². The van der Waals surface area contributed by atoms with Crippen LogP contribution in [0.2, 0.25) is 0 Å². The summed E-state index contributed by atoms with van der Waals surface area (Å²) in [5.74, 6) is -0.264. The van der Waals surface area contributed by atoms with Gasteiger partial charge in [-0.05, 0) is 39.1 Å². The van der Waals surface area contributed by atoms with Crippen molar-refractivity contribution in [3.05, 3.63) is 59.7 Å². The first-order valence-corrected chi connectivity index (χ1v) is 8.61. The smallest absolute Gasteiger partial charge is 0.178 e. The fourth-order valence-electron chi connectivity index (χ4n) is 3.42. The van der Waals surface area contributed by atoms with Gasteiger partial charge in [-0.15, -0.1) is 23.2 Å². The van der Waals surface area contributed by atoms with Gasteiger partial charge in [0.15, 0.2) is 11.6 Å². The van der Waals surface area contributed by atoms with E-state index in [1.165, 1.54) is 0 Å². The van der Waals surface area contributed by atoms with Gasteiger partial charge in [-0.25, -0.2) is 0 Å². The molecule has 2 nitrogen and oxygen atoms in total. The van der Waals surface area contributed by atoms with Crippen molar-refractivity contribution in [2.24, 2.45) is 0 Å². The van der Waals surface area contributed by atoms with Crippen LogP contribution in [0.4, 0.5) is 0 Å². The maximum atomic E-state index is 12.1. The van der Waals surface area contributed by atoms with Crippen molar-refractivity contribution >= 4 is 45.5 Å². The molecule has 0 atom stereocenters. The number of Topliss-reactive ketones (excluding diaryl/α,β-unsaturated/α-hetero) is 2. The van der Waals surface area contributed by atoms with Crippen molar-refractivity contribution in [2.75, 3.05) is 11.8 Å². The Morgan fingerprint density at radius 2 is 1.46 bits per heavy atom. The SMILES string of the molecule is O=C(CCl)c1ccc2c(c1)-c1ccc(C(=O)CCl)c3cccc-2c13. The molecule has 1 aliphatic carbocycles. The Morgan fingerprint density at radius 3 is 2.21 bits per heavy atom. The molecule has 0 saturated heterocycles. The van der Waals surface area contributed by atoms with Crippen LogP contribution in [0.5, 0.6) is 0 Å². The summed E-state index contributed by atoms with van der Waals surface area (Å²) in [4.78, 5) is 24.1. The molecule has 0 saturated carbocycles. The minimum Gasteiger partial charge on any atom is -0.293 e. The molecule has 0 heterocycles. The van der Waals surface area contributed by atoms with Gasteiger partial charge in [-0.1, -0.05) is 42.5 Å². The molecule has 3 aromatic rings. The van der Waals surface area contributed by atoms with E-state index in [0.29, 0.717) is 11.1 Å². The third kappa shape index (κ3) is 2.10. The topological polar surface area (TPSA) is 34.1 Å². The minimum absolute atomic E-state index is 0.0374. The van der Waals surface area contributed by atoms with Crippen molar-refractivity contribution in [3.8, 4) is 22.3 Å². The quantitative estimate of drug-likeness (QED) is 0.366. The predicted octanol–water partition coefficient (Wildman–Crippen LogP) is 5.33. The second-order valence-electron chi connectivity index (χ2n) is 5.76. The molecule has 0 aliphatic heterocycles. The van der Waals surface area contributed by atoms with Crippen LogP contribution in [0, 0.1) is 0 Å². The first-order valence-electron chi connectivity index (χ1n) is 7.54. The highest BCUT2D eigenvalue weighted by molar-refractivity contribution is 6.33. The molecule has 0 amide bonds. The maximum Gasteiger partial charge on any atom is 0.178 e. The molecule has 4 heteroatoms. The average Bonchev–Trinajstić information content (AvgIpc) is 2.96. The Kier molecular flexibility index (Phi) is 3.67. The predicted molar refractivity (Wildman–Crippen MR) is 98.5 cm³/mol. The van der Waals surface area contributed by atoms with Crippen LogP contribution in [0.15, 0.2) is 48.5 Å². The lowest BCUT2D eigenvalue weighted by Gasteiger charge is -2.07. The van der Waals surface area contributed by atoms with E-state index in [1.54, 1.807) is 6.07 Å². The summed E-state index contributed by atoms with van der Waals surface area (Å²) in [5, 5.41) is 1.94. The molecule has 0 aromatic heterocycles. The van der Waals surface area contributed by atoms with E-state index in [4.69, 9.17) is 23.2 Å². The molecule has 0 fully saturated rings. The highest BCUT2D eigenvalue weighted by Crippen LogP contribution is 2.48. The van der Waals surface area contributed by atoms with Gasteiger partial charge in [0.25, 0.3) is 0 Å². The normalized spacial score (nSPS) is 11.6. The lowest BCUT2D eigenvalue weighted by atomic mass is 9.96. The van der Waals surface area contributed by atoms with Crippen molar-refractivity contribution in [1.29, 1.82) is 0 Å². The fourth-order valence-corrected chi connectivity index (χ4v) is 3.72. The second kappa shape index (κ2) is 5.73. The number of benzene rings is 3. The van der Waals surface area contributed by atoms with Gasteiger partial charge in [0, 0.05) is 11.1 Å². The van der Waals surface area contributed by atoms with Gasteiger partial charge in [-0.3, -0.25) is 9.59 Å². The van der Waals surface area contributed by atoms with Crippen LogP contribution < -0.4 is 0 Å². The standard InChI is InChI=1S/C20H12Cl2O2/c21-9-18(23)11-4-5-12-14-2-1-3-15-13(19(24)10-22)6-7-16(20(14)15)17(12)8-11/h1-8H,9-10H2. The molecule has 3 aromatic carbocycles. The molecule has 0 bridgehead atoms. The van der Waals surface area contributed by atoms with E-state index < -0.39 is 0 Å². The molecule has 0 spiro atoms. The summed E-state index contributed by atoms with van der Waals surface area (Å²) in [7, 11) is 0. The summed E-state index contributed by atoms with van der Waals surface area (Å²) >= 11 is 11.4. The van der Waals surface area contributed by atoms with E-state index in [9.17, 15) is 9.59 Å². The first-order chi connectivity index (χ1) is 11.7. The third-order valence-corrected chi connectivity index (χ3v) is 4.99. The first kappa shape index (κ1) is 15.4. The molecule has 1 aliphatic rings. The number of carbonyl (C=O) groups excluding carboxylic acids is 2. The molecule has 0 N–H and O–H groups in total. The number of rotatable bonds is 4. The van der Waals surface area contributed by atoms with Crippen LogP contribution >= 0.6 is 23.2 Å². The zero-order chi connectivity index (χ0) is 16.8. The summed E-state index contributed by atoms with van der Waals surface area (Å²) in [6, 6.07) is 15.3. The number of ketones is 2. The number of carbonyl (C=O) groups is 2. The largest absolute Gasteiger partial charge is 0.293 e. The molecular formula is C20H12Cl2O2. The zero-order valence-corrected chi connectivity index (χ0v) is 14.1. The summed E-state index contributed by atoms with van der Waals surface area (Å²) in [6.07, 6.45) is 0. The van der Waals surface area contributed by atoms with Crippen LogP contribution in [0.25, 0.3) is 33.0 Å². The lowest BCUT2D eigenvalue weighted by Crippen LogP contribution is -2.01. The number of alkyl halides is 2. The van der Waals surface area contributed by atoms with Gasteiger partial charge in [-0.2, -0.15) is 0 Å². The van der Waals surface area contributed by atoms with Crippen LogP contribution in [0.1, 0.15) is 20.7 Å². The van der Waals surface area contributed by atoms with Crippen molar-refractivity contribution in [2.45, 2.75) is 0 Å². The van der Waals surface area contributed by atoms with Gasteiger partial charge >= 0.3 is 0 Å². The van der Waals surface area contributed by atoms with Gasteiger partial charge in [0.05, 0.1) is 11.8 Å². The average molecular weight is 355 g/mol. The maximum absolute atomic E-state index is 12.1. The molecule has 0 radical (unpaired) electrons. The van der Waals surface area contributed by atoms with E-state index >= 15 is 0 Å². The summed E-state index contributed by atoms with van der Waals surface area (Å²) in [5.41, 5.74) is 5.41. The number of fused-ring (bicyclic) bond motifs is 3. The van der Waals surface area contributed by atoms with Crippen LogP contribution in [0.3, 0.4) is 0 Å². The summed E-state index contributed by atoms with van der Waals surface area (Å²) < 4.78 is 0. The Hall–Kier alpha value is -2.16. The van der Waals surface area contributed by atoms with E-state index in [-0.39, 0.29) is 23.3 Å². The Balaban J connectivity index is 2.02. The second-order valence-corrected chi connectivity index (χ2v) is 6.30. The van der Waals surface area contributed by atoms with Crippen molar-refractivity contribution in [1.82, 2.24) is 0 Å². The van der Waals surface area contributed by atoms with Gasteiger partial charge < -0.3 is 0 Å². The highest BCUT2D eigenvalue weighted by atomic mass is 35.5. The number of hydrogen-bond donors (Lipinski definition) is 0. The van der Waals surface area contributed by atoms with Crippen LogP contribution in [-0.2, 0) is 0 Å². The van der Waals surface area contributed by atoms with E-state index in [1.807, 2.05) is 42.5 Å². The third-order valence-electron chi connectivity index (χ3n) is 4.51. The number of halogens is 2. The molecule has 4 rings (SSSR count). The molecule has 24 heavy (non-hydrogen) atoms. The Morgan fingerprint density at radius 1 is 0.750 bits per heavy atom. The monoisotopic (exact) mass is 354 g/mol. The molecular weight excluding hydrogens is 343 g/mol. The number of hydrogen-bond acceptors (Lipinski definition) is 2. The lowest BCUT2D eigenvalue weighted by molar-refractivity contribution is 0.101.